The molecule has 0 bridgehead atoms. The molecule has 0 radical (unpaired) electrons. The number of nitrogens with zero attached hydrogens (tertiary/aromatic N) is 9. The van der Waals surface area contributed by atoms with Gasteiger partial charge in [0.1, 0.15) is 29.9 Å². The molecule has 0 amide bonds. The molecule has 18 heteroatoms. The summed E-state index contributed by atoms with van der Waals surface area (Å²) in [4.78, 5) is 8.76. The summed E-state index contributed by atoms with van der Waals surface area (Å²) < 4.78 is 59.4. The van der Waals surface area contributed by atoms with Gasteiger partial charge in [0.05, 0.1) is 37.1 Å². The van der Waals surface area contributed by atoms with Crippen LogP contribution in [0.15, 0.2) is 43.1 Å². The van der Waals surface area contributed by atoms with E-state index < -0.39 is 12.8 Å². The summed E-state index contributed by atoms with van der Waals surface area (Å²) in [6, 6.07) is 7.26. The number of halogens is 4. The van der Waals surface area contributed by atoms with Gasteiger partial charge in [-0.25, -0.2) is 14.6 Å². The number of anilines is 2. The van der Waals surface area contributed by atoms with Gasteiger partial charge >= 0.3 is 6.18 Å². The molecule has 2 unspecified atom stereocenters. The molecule has 1 aliphatic carbocycles. The summed E-state index contributed by atoms with van der Waals surface area (Å²) >= 11 is 0. The summed E-state index contributed by atoms with van der Waals surface area (Å²) in [5.41, 5.74) is 1.92. The van der Waals surface area contributed by atoms with Crippen LogP contribution >= 0.6 is 12.4 Å². The smallest absolute Gasteiger partial charge is 0.422 e. The van der Waals surface area contributed by atoms with Gasteiger partial charge in [0.15, 0.2) is 6.61 Å². The van der Waals surface area contributed by atoms with Crippen LogP contribution in [0.2, 0.25) is 0 Å². The van der Waals surface area contributed by atoms with Gasteiger partial charge in [-0.05, 0) is 66.6 Å². The second-order valence-electron chi connectivity index (χ2n) is 11.6. The van der Waals surface area contributed by atoms with Gasteiger partial charge in [0.25, 0.3) is 5.88 Å². The SMILES string of the molecule is CC(Cn1cnnn1)Oc1cc(-c2cnc(Nc3cn(C4CCC(C5CNCCO5)CC4)nc3OCC(F)(F)F)nc2)ccc1C#N.Cl. The number of rotatable bonds is 11. The molecule has 256 valence electrons. The van der Waals surface area contributed by atoms with E-state index in [4.69, 9.17) is 14.2 Å². The number of hydrogen-bond acceptors (Lipinski definition) is 12. The van der Waals surface area contributed by atoms with Crippen LogP contribution in [0, 0.1) is 17.2 Å². The lowest BCUT2D eigenvalue weighted by atomic mass is 9.82. The highest BCUT2D eigenvalue weighted by Gasteiger charge is 2.32. The largest absolute Gasteiger partial charge is 0.487 e. The van der Waals surface area contributed by atoms with E-state index >= 15 is 0 Å². The number of tetrazole rings is 1. The van der Waals surface area contributed by atoms with Crippen molar-refractivity contribution in [3.63, 3.8) is 0 Å². The second-order valence-corrected chi connectivity index (χ2v) is 11.6. The maximum absolute atomic E-state index is 13.1. The minimum atomic E-state index is -4.53. The summed E-state index contributed by atoms with van der Waals surface area (Å²) in [7, 11) is 0. The number of aromatic nitrogens is 8. The summed E-state index contributed by atoms with van der Waals surface area (Å²) in [5.74, 6) is 0.778. The number of nitriles is 1. The lowest BCUT2D eigenvalue weighted by Gasteiger charge is -2.35. The van der Waals surface area contributed by atoms with Gasteiger partial charge in [-0.2, -0.15) is 18.4 Å². The van der Waals surface area contributed by atoms with Gasteiger partial charge in [-0.15, -0.1) is 22.6 Å². The Bertz CT molecular complexity index is 1650. The van der Waals surface area contributed by atoms with Crippen LogP contribution in [0.3, 0.4) is 0 Å². The molecule has 4 aromatic rings. The van der Waals surface area contributed by atoms with E-state index in [0.29, 0.717) is 41.5 Å². The monoisotopic (exact) mass is 689 g/mol. The molecule has 2 N–H and O–H groups in total. The number of morpholine rings is 1. The van der Waals surface area contributed by atoms with E-state index in [1.54, 1.807) is 41.5 Å². The van der Waals surface area contributed by atoms with E-state index in [1.807, 2.05) is 6.92 Å². The fourth-order valence-electron chi connectivity index (χ4n) is 5.87. The molecule has 6 rings (SSSR count). The van der Waals surface area contributed by atoms with Crippen molar-refractivity contribution in [3.8, 4) is 28.8 Å². The fraction of sp³-hybridized carbons (Fsp3) is 0.500. The lowest BCUT2D eigenvalue weighted by molar-refractivity contribution is -0.154. The third kappa shape index (κ3) is 8.88. The normalized spacial score (nSPS) is 20.3. The molecule has 2 aliphatic rings. The predicted octanol–water partition coefficient (Wildman–Crippen LogP) is 4.49. The quantitative estimate of drug-likeness (QED) is 0.227. The molecule has 1 saturated carbocycles. The van der Waals surface area contributed by atoms with Crippen LogP contribution in [0.25, 0.3) is 11.1 Å². The highest BCUT2D eigenvalue weighted by molar-refractivity contribution is 5.85. The summed E-state index contributed by atoms with van der Waals surface area (Å²) in [6.45, 7) is 3.13. The topological polar surface area (TPSA) is 163 Å². The average molecular weight is 690 g/mol. The van der Waals surface area contributed by atoms with Crippen molar-refractivity contribution in [2.45, 2.75) is 63.6 Å². The Balaban J connectivity index is 0.00000451. The lowest BCUT2D eigenvalue weighted by Crippen LogP contribution is -2.43. The Morgan fingerprint density at radius 2 is 1.96 bits per heavy atom. The number of nitrogens with one attached hydrogen (secondary N) is 2. The Morgan fingerprint density at radius 3 is 2.62 bits per heavy atom. The molecular formula is C30H35ClF3N11O3. The zero-order chi connectivity index (χ0) is 32.8. The van der Waals surface area contributed by atoms with Crippen LogP contribution in [0.4, 0.5) is 24.8 Å². The van der Waals surface area contributed by atoms with Crippen LogP contribution in [-0.2, 0) is 11.3 Å². The molecule has 3 aromatic heterocycles. The first-order valence-electron chi connectivity index (χ1n) is 15.4. The first kappa shape index (κ1) is 34.8. The summed E-state index contributed by atoms with van der Waals surface area (Å²) in [5, 5.41) is 31.4. The Labute approximate surface area is 280 Å². The maximum Gasteiger partial charge on any atom is 0.422 e. The fourth-order valence-corrected chi connectivity index (χ4v) is 5.87. The van der Waals surface area contributed by atoms with E-state index in [9.17, 15) is 18.4 Å². The molecule has 48 heavy (non-hydrogen) atoms. The molecule has 14 nitrogen and oxygen atoms in total. The Kier molecular flexibility index (Phi) is 11.3. The van der Waals surface area contributed by atoms with Crippen molar-refractivity contribution in [3.05, 3.63) is 48.7 Å². The molecular weight excluding hydrogens is 655 g/mol. The molecule has 1 aliphatic heterocycles. The van der Waals surface area contributed by atoms with E-state index in [2.05, 4.69) is 47.3 Å². The summed E-state index contributed by atoms with van der Waals surface area (Å²) in [6.07, 6.45) is 5.08. The van der Waals surface area contributed by atoms with Crippen LogP contribution in [0.1, 0.15) is 44.2 Å². The molecule has 4 heterocycles. The predicted molar refractivity (Wildman–Crippen MR) is 168 cm³/mol. The first-order valence-corrected chi connectivity index (χ1v) is 15.4. The van der Waals surface area contributed by atoms with Crippen LogP contribution in [0.5, 0.6) is 11.6 Å². The zero-order valence-electron chi connectivity index (χ0n) is 26.0. The van der Waals surface area contributed by atoms with Crippen molar-refractivity contribution >= 4 is 24.0 Å². The highest BCUT2D eigenvalue weighted by atomic mass is 35.5. The van der Waals surface area contributed by atoms with E-state index in [1.165, 1.54) is 11.0 Å². The third-order valence-corrected chi connectivity index (χ3v) is 8.17. The van der Waals surface area contributed by atoms with Gasteiger partial charge in [0, 0.05) is 31.0 Å². The van der Waals surface area contributed by atoms with Gasteiger partial charge in [-0.1, -0.05) is 6.07 Å². The number of alkyl halides is 3. The first-order chi connectivity index (χ1) is 22.7. The standard InChI is InChI=1S/C30H34F3N11O3.ClH/c1-19(15-43-18-38-41-42-43)47-26-10-21(2-3-22(26)11-34)23-12-36-29(37-13-23)39-25-16-44(40-28(25)46-17-30(31,32)33)24-6-4-20(5-7-24)27-14-35-8-9-45-27;/h2-3,10,12-13,16,18-20,24,27,35H,4-9,14-15,17H2,1H3,(H,36,37,39);1H. The highest BCUT2D eigenvalue weighted by Crippen LogP contribution is 2.37. The van der Waals surface area contributed by atoms with Crippen molar-refractivity contribution in [2.75, 3.05) is 31.6 Å². The average Bonchev–Trinajstić information content (AvgIpc) is 3.74. The molecule has 1 saturated heterocycles. The second kappa shape index (κ2) is 15.6. The molecule has 2 atom stereocenters. The molecule has 0 spiro atoms. The minimum absolute atomic E-state index is 0. The van der Waals surface area contributed by atoms with Gasteiger partial charge in [-0.3, -0.25) is 4.68 Å². The third-order valence-electron chi connectivity index (χ3n) is 8.17. The molecule has 1 aromatic carbocycles. The van der Waals surface area contributed by atoms with Crippen molar-refractivity contribution in [1.82, 2.24) is 45.3 Å². The van der Waals surface area contributed by atoms with Gasteiger partial charge in [0.2, 0.25) is 5.95 Å². The Morgan fingerprint density at radius 1 is 1.17 bits per heavy atom. The minimum Gasteiger partial charge on any atom is -0.487 e. The number of ether oxygens (including phenoxy) is 3. The van der Waals surface area contributed by atoms with Crippen molar-refractivity contribution in [1.29, 1.82) is 5.26 Å². The molecule has 2 fully saturated rings. The zero-order valence-corrected chi connectivity index (χ0v) is 26.8. The number of hydrogen-bond donors (Lipinski definition) is 2. The number of benzene rings is 1. The Hall–Kier alpha value is -4.53. The van der Waals surface area contributed by atoms with Crippen LogP contribution < -0.4 is 20.1 Å². The van der Waals surface area contributed by atoms with Gasteiger partial charge < -0.3 is 24.8 Å². The van der Waals surface area contributed by atoms with Crippen molar-refractivity contribution in [2.24, 2.45) is 5.92 Å². The van der Waals surface area contributed by atoms with Crippen LogP contribution in [-0.4, -0.2) is 84.6 Å². The van der Waals surface area contributed by atoms with E-state index in [-0.39, 0.29) is 48.2 Å². The van der Waals surface area contributed by atoms with E-state index in [0.717, 1.165) is 38.8 Å². The van der Waals surface area contributed by atoms with Crippen molar-refractivity contribution < 1.29 is 27.4 Å². The maximum atomic E-state index is 13.1.